The molecule has 25 heavy (non-hydrogen) atoms. The van der Waals surface area contributed by atoms with E-state index in [1.54, 1.807) is 24.3 Å². The second-order valence-corrected chi connectivity index (χ2v) is 8.91. The molecule has 0 radical (unpaired) electrons. The van der Waals surface area contributed by atoms with Crippen LogP contribution in [0.15, 0.2) is 58.3 Å². The van der Waals surface area contributed by atoms with Gasteiger partial charge in [0.2, 0.25) is 0 Å². The summed E-state index contributed by atoms with van der Waals surface area (Å²) in [5, 5.41) is 0. The molecule has 0 bridgehead atoms. The summed E-state index contributed by atoms with van der Waals surface area (Å²) >= 11 is 0. The number of benzene rings is 2. The van der Waals surface area contributed by atoms with E-state index in [-0.39, 0.29) is 9.79 Å². The molecule has 8 heteroatoms. The fourth-order valence-corrected chi connectivity index (χ4v) is 4.01. The highest BCUT2D eigenvalue weighted by Crippen LogP contribution is 2.17. The predicted octanol–water partition coefficient (Wildman–Crippen LogP) is 2.80. The van der Waals surface area contributed by atoms with Crippen LogP contribution in [0.25, 0.3) is 0 Å². The third-order valence-electron chi connectivity index (χ3n) is 3.37. The summed E-state index contributed by atoms with van der Waals surface area (Å²) in [6, 6.07) is 12.3. The summed E-state index contributed by atoms with van der Waals surface area (Å²) in [7, 11) is -7.96. The Morgan fingerprint density at radius 1 is 0.760 bits per heavy atom. The summed E-state index contributed by atoms with van der Waals surface area (Å²) in [6.07, 6.45) is -0.966. The molecule has 136 valence electrons. The van der Waals surface area contributed by atoms with E-state index in [0.29, 0.717) is 0 Å². The molecule has 0 heterocycles. The van der Waals surface area contributed by atoms with Gasteiger partial charge >= 0.3 is 0 Å². The van der Waals surface area contributed by atoms with Crippen LogP contribution in [0.2, 0.25) is 0 Å². The second-order valence-electron chi connectivity index (χ2n) is 5.73. The molecule has 6 nitrogen and oxygen atoms in total. The average Bonchev–Trinajstić information content (AvgIpc) is 2.53. The maximum Gasteiger partial charge on any atom is 0.297 e. The average molecular weight is 384 g/mol. The molecule has 2 aromatic carbocycles. The zero-order valence-electron chi connectivity index (χ0n) is 14.2. The van der Waals surface area contributed by atoms with Gasteiger partial charge in [-0.2, -0.15) is 16.8 Å². The highest BCUT2D eigenvalue weighted by atomic mass is 32.2. The minimum absolute atomic E-state index is 0.00587. The molecule has 0 fully saturated rings. The molecule has 0 aliphatic rings. The molecule has 0 aliphatic heterocycles. The van der Waals surface area contributed by atoms with Crippen LogP contribution in [0.3, 0.4) is 0 Å². The van der Waals surface area contributed by atoms with Crippen molar-refractivity contribution in [1.29, 1.82) is 0 Å². The van der Waals surface area contributed by atoms with Gasteiger partial charge in [-0.05, 0) is 45.0 Å². The van der Waals surface area contributed by atoms with Gasteiger partial charge in [0.1, 0.15) is 0 Å². The van der Waals surface area contributed by atoms with Crippen molar-refractivity contribution in [3.63, 3.8) is 0 Å². The smallest absolute Gasteiger partial charge is 0.264 e. The number of rotatable bonds is 7. The first-order valence-corrected chi connectivity index (χ1v) is 10.4. The van der Waals surface area contributed by atoms with E-state index in [0.717, 1.165) is 11.1 Å². The van der Waals surface area contributed by atoms with Crippen LogP contribution in [0.5, 0.6) is 0 Å². The molecule has 2 rings (SSSR count). The Balaban J connectivity index is 2.01. The molecule has 0 amide bonds. The van der Waals surface area contributed by atoms with Crippen molar-refractivity contribution < 1.29 is 25.2 Å². The van der Waals surface area contributed by atoms with E-state index < -0.39 is 32.9 Å². The van der Waals surface area contributed by atoms with Crippen LogP contribution in [0.1, 0.15) is 18.1 Å². The topological polar surface area (TPSA) is 86.7 Å². The molecular weight excluding hydrogens is 364 g/mol. The van der Waals surface area contributed by atoms with E-state index in [9.17, 15) is 16.8 Å². The van der Waals surface area contributed by atoms with Crippen molar-refractivity contribution in [1.82, 2.24) is 0 Å². The zero-order chi connectivity index (χ0) is 18.7. The standard InChI is InChI=1S/C17H20O6S2/c1-13-4-8-16(9-5-13)24(18,19)22-12-15(3)23-25(20,21)17-10-6-14(2)7-11-17/h4-11,15H,12H2,1-3H3/t15-/m0/s1. The van der Waals surface area contributed by atoms with Crippen molar-refractivity contribution in [2.24, 2.45) is 0 Å². The monoisotopic (exact) mass is 384 g/mol. The van der Waals surface area contributed by atoms with Crippen LogP contribution < -0.4 is 0 Å². The van der Waals surface area contributed by atoms with Crippen LogP contribution in [0, 0.1) is 13.8 Å². The van der Waals surface area contributed by atoms with Gasteiger partial charge in [-0.15, -0.1) is 0 Å². The van der Waals surface area contributed by atoms with Crippen molar-refractivity contribution in [2.45, 2.75) is 36.7 Å². The van der Waals surface area contributed by atoms with E-state index in [4.69, 9.17) is 8.37 Å². The van der Waals surface area contributed by atoms with Gasteiger partial charge in [0.25, 0.3) is 20.2 Å². The lowest BCUT2D eigenvalue weighted by atomic mass is 10.2. The molecule has 2 aromatic rings. The van der Waals surface area contributed by atoms with E-state index in [2.05, 4.69) is 0 Å². The van der Waals surface area contributed by atoms with Gasteiger partial charge < -0.3 is 0 Å². The third-order valence-corrected chi connectivity index (χ3v) is 6.10. The van der Waals surface area contributed by atoms with Crippen LogP contribution >= 0.6 is 0 Å². The Hall–Kier alpha value is -1.74. The molecular formula is C17H20O6S2. The van der Waals surface area contributed by atoms with Crippen molar-refractivity contribution in [3.8, 4) is 0 Å². The minimum atomic E-state index is -3.99. The van der Waals surface area contributed by atoms with Gasteiger partial charge in [0, 0.05) is 0 Å². The van der Waals surface area contributed by atoms with Gasteiger partial charge in [-0.25, -0.2) is 0 Å². The first-order chi connectivity index (χ1) is 11.6. The number of aryl methyl sites for hydroxylation is 2. The molecule has 0 spiro atoms. The van der Waals surface area contributed by atoms with Crippen molar-refractivity contribution in [3.05, 3.63) is 59.7 Å². The molecule has 0 saturated heterocycles. The van der Waals surface area contributed by atoms with E-state index in [1.165, 1.54) is 31.2 Å². The molecule has 0 saturated carbocycles. The van der Waals surface area contributed by atoms with Gasteiger partial charge in [-0.1, -0.05) is 35.4 Å². The highest BCUT2D eigenvalue weighted by molar-refractivity contribution is 7.87. The predicted molar refractivity (Wildman–Crippen MR) is 93.2 cm³/mol. The zero-order valence-corrected chi connectivity index (χ0v) is 15.8. The van der Waals surface area contributed by atoms with Gasteiger partial charge in [0.05, 0.1) is 22.5 Å². The Kier molecular flexibility index (Phi) is 5.99. The molecule has 0 aromatic heterocycles. The molecule has 0 unspecified atom stereocenters. The summed E-state index contributed by atoms with van der Waals surface area (Å²) in [4.78, 5) is 0.0121. The van der Waals surface area contributed by atoms with Crippen LogP contribution in [-0.4, -0.2) is 29.5 Å². The largest absolute Gasteiger partial charge is 0.297 e. The lowest BCUT2D eigenvalue weighted by Gasteiger charge is -2.13. The van der Waals surface area contributed by atoms with Crippen molar-refractivity contribution in [2.75, 3.05) is 6.61 Å². The Morgan fingerprint density at radius 3 is 1.60 bits per heavy atom. The van der Waals surface area contributed by atoms with Crippen LogP contribution in [0.4, 0.5) is 0 Å². The number of hydrogen-bond donors (Lipinski definition) is 0. The van der Waals surface area contributed by atoms with Crippen LogP contribution in [-0.2, 0) is 28.6 Å². The number of hydrogen-bond acceptors (Lipinski definition) is 6. The first kappa shape index (κ1) is 19.6. The summed E-state index contributed by atoms with van der Waals surface area (Å²) in [6.45, 7) is 4.68. The molecule has 0 aliphatic carbocycles. The fraction of sp³-hybridized carbons (Fsp3) is 0.294. The highest BCUT2D eigenvalue weighted by Gasteiger charge is 2.22. The normalized spacial score (nSPS) is 13.6. The van der Waals surface area contributed by atoms with Gasteiger partial charge in [0.15, 0.2) is 0 Å². The Labute approximate surface area is 148 Å². The first-order valence-electron chi connectivity index (χ1n) is 7.56. The summed E-state index contributed by atoms with van der Waals surface area (Å²) in [5.74, 6) is 0. The van der Waals surface area contributed by atoms with Crippen molar-refractivity contribution >= 4 is 20.2 Å². The SMILES string of the molecule is Cc1ccc(S(=O)(=O)OC[C@H](C)OS(=O)(=O)c2ccc(C)cc2)cc1. The minimum Gasteiger partial charge on any atom is -0.264 e. The molecule has 1 atom stereocenters. The van der Waals surface area contributed by atoms with E-state index >= 15 is 0 Å². The summed E-state index contributed by atoms with van der Waals surface area (Å²) < 4.78 is 58.4. The maximum absolute atomic E-state index is 12.2. The van der Waals surface area contributed by atoms with E-state index in [1.807, 2.05) is 13.8 Å². The molecule has 0 N–H and O–H groups in total. The Morgan fingerprint density at radius 2 is 1.16 bits per heavy atom. The quantitative estimate of drug-likeness (QED) is 0.682. The lowest BCUT2D eigenvalue weighted by Crippen LogP contribution is -2.23. The lowest BCUT2D eigenvalue weighted by molar-refractivity contribution is 0.152. The fourth-order valence-electron chi connectivity index (χ4n) is 1.96. The summed E-state index contributed by atoms with van der Waals surface area (Å²) in [5.41, 5.74) is 1.83. The van der Waals surface area contributed by atoms with Gasteiger partial charge in [-0.3, -0.25) is 8.37 Å². The Bertz CT molecular complexity index is 914. The maximum atomic E-state index is 12.2. The third kappa shape index (κ3) is 5.37. The second kappa shape index (κ2) is 7.65.